The minimum atomic E-state index is -4.60. The molecule has 0 unspecified atom stereocenters. The van der Waals surface area contributed by atoms with Gasteiger partial charge in [0.25, 0.3) is 5.91 Å². The van der Waals surface area contributed by atoms with Gasteiger partial charge in [-0.05, 0) is 54.6 Å². The second kappa shape index (κ2) is 13.2. The van der Waals surface area contributed by atoms with Crippen molar-refractivity contribution >= 4 is 50.9 Å². The molecule has 0 aliphatic rings. The van der Waals surface area contributed by atoms with Crippen LogP contribution in [0.4, 0.5) is 18.9 Å². The Labute approximate surface area is 254 Å². The fourth-order valence-electron chi connectivity index (χ4n) is 3.71. The van der Waals surface area contributed by atoms with Crippen LogP contribution in [-0.2, 0) is 27.5 Å². The van der Waals surface area contributed by atoms with Crippen molar-refractivity contribution in [3.05, 3.63) is 94.8 Å². The van der Waals surface area contributed by atoms with E-state index in [0.717, 1.165) is 34.3 Å². The average Bonchev–Trinajstić information content (AvgIpc) is 3.38. The molecule has 0 atom stereocenters. The Hall–Kier alpha value is -3.92. The normalized spacial score (nSPS) is 11.9. The van der Waals surface area contributed by atoms with Crippen LogP contribution >= 0.6 is 23.4 Å². The van der Waals surface area contributed by atoms with Gasteiger partial charge < -0.3 is 10.6 Å². The Kier molecular flexibility index (Phi) is 9.79. The third-order valence-corrected chi connectivity index (χ3v) is 9.00. The quantitative estimate of drug-likeness (QED) is 0.235. The molecule has 2 amide bonds. The van der Waals surface area contributed by atoms with E-state index < -0.39 is 33.6 Å². The van der Waals surface area contributed by atoms with Gasteiger partial charge in [0.05, 0.1) is 33.5 Å². The standard InChI is InChI=1S/C27H24ClF3N6O4S2/c1-36(2)43(40,41)20-11-8-17(9-12-20)25(39)32-15-23-34-35-26(37(23)19-6-4-3-5-7-19)42-16-24(38)33-22-14-18(27(29,30)31)10-13-21(22)28/h3-14H,15-16H2,1-2H3,(H,32,39)(H,33,38). The van der Waals surface area contributed by atoms with Gasteiger partial charge in [-0.2, -0.15) is 13.2 Å². The fourth-order valence-corrected chi connectivity index (χ4v) is 5.55. The van der Waals surface area contributed by atoms with Gasteiger partial charge in [-0.15, -0.1) is 10.2 Å². The molecule has 0 radical (unpaired) electrons. The number of nitrogens with zero attached hydrogens (tertiary/aromatic N) is 4. The average molecular weight is 653 g/mol. The smallest absolute Gasteiger partial charge is 0.345 e. The molecule has 226 valence electrons. The zero-order valence-corrected chi connectivity index (χ0v) is 25.0. The molecular formula is C27H24ClF3N6O4S2. The third kappa shape index (κ3) is 7.73. The predicted molar refractivity (Wildman–Crippen MR) is 156 cm³/mol. The number of carbonyl (C=O) groups is 2. The highest BCUT2D eigenvalue weighted by molar-refractivity contribution is 7.99. The minimum absolute atomic E-state index is 0.0407. The number of sulfonamides is 1. The number of para-hydroxylation sites is 1. The molecule has 3 aromatic carbocycles. The number of rotatable bonds is 10. The Bertz CT molecular complexity index is 1730. The zero-order valence-electron chi connectivity index (χ0n) is 22.6. The van der Waals surface area contributed by atoms with Crippen molar-refractivity contribution in [2.45, 2.75) is 22.8 Å². The van der Waals surface area contributed by atoms with Gasteiger partial charge in [0, 0.05) is 25.3 Å². The fraction of sp³-hybridized carbons (Fsp3) is 0.185. The molecule has 0 fully saturated rings. The largest absolute Gasteiger partial charge is 0.416 e. The number of benzene rings is 3. The molecule has 43 heavy (non-hydrogen) atoms. The Morgan fingerprint density at radius 1 is 1.00 bits per heavy atom. The highest BCUT2D eigenvalue weighted by Crippen LogP contribution is 2.34. The van der Waals surface area contributed by atoms with Gasteiger partial charge in [0.2, 0.25) is 15.9 Å². The summed E-state index contributed by atoms with van der Waals surface area (Å²) in [5.74, 6) is -1.01. The van der Waals surface area contributed by atoms with Crippen LogP contribution in [0.3, 0.4) is 0 Å². The first-order valence-electron chi connectivity index (χ1n) is 12.4. The van der Waals surface area contributed by atoms with Crippen LogP contribution in [0.1, 0.15) is 21.7 Å². The van der Waals surface area contributed by atoms with Crippen molar-refractivity contribution in [2.24, 2.45) is 0 Å². The number of carbonyl (C=O) groups excluding carboxylic acids is 2. The number of thioether (sulfide) groups is 1. The molecule has 0 saturated heterocycles. The van der Waals surface area contributed by atoms with Crippen molar-refractivity contribution < 1.29 is 31.2 Å². The van der Waals surface area contributed by atoms with Crippen LogP contribution in [0.15, 0.2) is 82.8 Å². The van der Waals surface area contributed by atoms with E-state index in [0.29, 0.717) is 16.7 Å². The van der Waals surface area contributed by atoms with Crippen LogP contribution in [0.5, 0.6) is 0 Å². The maximum Gasteiger partial charge on any atom is 0.416 e. The zero-order chi connectivity index (χ0) is 31.4. The molecule has 0 saturated carbocycles. The number of nitrogens with one attached hydrogen (secondary N) is 2. The van der Waals surface area contributed by atoms with E-state index in [1.165, 1.54) is 38.4 Å². The number of halogens is 4. The van der Waals surface area contributed by atoms with Crippen molar-refractivity contribution in [2.75, 3.05) is 25.2 Å². The van der Waals surface area contributed by atoms with E-state index in [4.69, 9.17) is 11.6 Å². The molecule has 4 aromatic rings. The van der Waals surface area contributed by atoms with Crippen molar-refractivity contribution in [1.82, 2.24) is 24.4 Å². The van der Waals surface area contributed by atoms with Gasteiger partial charge in [-0.3, -0.25) is 14.2 Å². The van der Waals surface area contributed by atoms with E-state index in [1.807, 2.05) is 0 Å². The lowest BCUT2D eigenvalue weighted by atomic mass is 10.2. The molecule has 4 rings (SSSR count). The first-order chi connectivity index (χ1) is 20.3. The second-order valence-corrected chi connectivity index (χ2v) is 12.6. The van der Waals surface area contributed by atoms with E-state index in [-0.39, 0.29) is 33.5 Å². The monoisotopic (exact) mass is 652 g/mol. The van der Waals surface area contributed by atoms with Crippen LogP contribution in [0, 0.1) is 0 Å². The topological polar surface area (TPSA) is 126 Å². The molecule has 2 N–H and O–H groups in total. The predicted octanol–water partition coefficient (Wildman–Crippen LogP) is 4.85. The molecule has 10 nitrogen and oxygen atoms in total. The summed E-state index contributed by atoms with van der Waals surface area (Å²) >= 11 is 6.96. The first kappa shape index (κ1) is 32.0. The summed E-state index contributed by atoms with van der Waals surface area (Å²) in [4.78, 5) is 25.5. The summed E-state index contributed by atoms with van der Waals surface area (Å²) in [6, 6.07) is 17.0. The number of alkyl halides is 3. The van der Waals surface area contributed by atoms with E-state index >= 15 is 0 Å². The van der Waals surface area contributed by atoms with E-state index in [2.05, 4.69) is 20.8 Å². The Morgan fingerprint density at radius 3 is 2.30 bits per heavy atom. The molecule has 0 aliphatic carbocycles. The van der Waals surface area contributed by atoms with Crippen LogP contribution in [0.25, 0.3) is 5.69 Å². The lowest BCUT2D eigenvalue weighted by Gasteiger charge is -2.13. The number of hydrogen-bond acceptors (Lipinski definition) is 7. The molecule has 0 bridgehead atoms. The van der Waals surface area contributed by atoms with Crippen LogP contribution in [0.2, 0.25) is 5.02 Å². The van der Waals surface area contributed by atoms with Gasteiger partial charge in [-0.1, -0.05) is 41.6 Å². The number of anilines is 1. The highest BCUT2D eigenvalue weighted by atomic mass is 35.5. The van der Waals surface area contributed by atoms with Gasteiger partial charge in [0.15, 0.2) is 11.0 Å². The minimum Gasteiger partial charge on any atom is -0.345 e. The van der Waals surface area contributed by atoms with Gasteiger partial charge in [0.1, 0.15) is 0 Å². The highest BCUT2D eigenvalue weighted by Gasteiger charge is 2.31. The summed E-state index contributed by atoms with van der Waals surface area (Å²) in [5.41, 5.74) is -0.269. The molecule has 16 heteroatoms. The summed E-state index contributed by atoms with van der Waals surface area (Å²) < 4.78 is 66.5. The van der Waals surface area contributed by atoms with Crippen LogP contribution < -0.4 is 10.6 Å². The molecule has 0 aliphatic heterocycles. The second-order valence-electron chi connectivity index (χ2n) is 9.09. The van der Waals surface area contributed by atoms with Gasteiger partial charge >= 0.3 is 6.18 Å². The summed E-state index contributed by atoms with van der Waals surface area (Å²) in [6.45, 7) is -0.0644. The van der Waals surface area contributed by atoms with Crippen LogP contribution in [-0.4, -0.2) is 59.2 Å². The Morgan fingerprint density at radius 2 is 1.67 bits per heavy atom. The Balaban J connectivity index is 1.47. The molecule has 1 aromatic heterocycles. The van der Waals surface area contributed by atoms with Gasteiger partial charge in [-0.25, -0.2) is 12.7 Å². The number of hydrogen-bond donors (Lipinski definition) is 2. The maximum absolute atomic E-state index is 13.1. The lowest BCUT2D eigenvalue weighted by molar-refractivity contribution is -0.137. The third-order valence-electron chi connectivity index (χ3n) is 5.92. The summed E-state index contributed by atoms with van der Waals surface area (Å²) in [5, 5.41) is 13.6. The maximum atomic E-state index is 13.1. The van der Waals surface area contributed by atoms with E-state index in [9.17, 15) is 31.2 Å². The number of aromatic nitrogens is 3. The first-order valence-corrected chi connectivity index (χ1v) is 15.2. The van der Waals surface area contributed by atoms with Crippen molar-refractivity contribution in [1.29, 1.82) is 0 Å². The van der Waals surface area contributed by atoms with Crippen molar-refractivity contribution in [3.8, 4) is 5.69 Å². The molecular weight excluding hydrogens is 629 g/mol. The SMILES string of the molecule is CN(C)S(=O)(=O)c1ccc(C(=O)NCc2nnc(SCC(=O)Nc3cc(C(F)(F)F)ccc3Cl)n2-c2ccccc2)cc1. The number of amides is 2. The molecule has 0 spiro atoms. The summed E-state index contributed by atoms with van der Waals surface area (Å²) in [7, 11) is -0.837. The molecule has 1 heterocycles. The lowest BCUT2D eigenvalue weighted by Crippen LogP contribution is -2.25. The van der Waals surface area contributed by atoms with Crippen molar-refractivity contribution in [3.63, 3.8) is 0 Å². The van der Waals surface area contributed by atoms with E-state index in [1.54, 1.807) is 34.9 Å². The summed E-state index contributed by atoms with van der Waals surface area (Å²) in [6.07, 6.45) is -4.60.